The molecule has 0 saturated heterocycles. The summed E-state index contributed by atoms with van der Waals surface area (Å²) in [5.41, 5.74) is 2.28. The summed E-state index contributed by atoms with van der Waals surface area (Å²) in [7, 11) is 4.03. The summed E-state index contributed by atoms with van der Waals surface area (Å²) < 4.78 is 0. The molecule has 0 saturated carbocycles. The fraction of sp³-hybridized carbons (Fsp3) is 0.294. The molecule has 0 atom stereocenters. The van der Waals surface area contributed by atoms with Crippen molar-refractivity contribution in [2.75, 3.05) is 25.5 Å². The lowest BCUT2D eigenvalue weighted by atomic mass is 10.2. The van der Waals surface area contributed by atoms with Crippen molar-refractivity contribution in [1.29, 1.82) is 0 Å². The minimum absolute atomic E-state index is 0.00869. The largest absolute Gasteiger partial charge is 0.378 e. The number of thiazole rings is 1. The van der Waals surface area contributed by atoms with E-state index in [1.807, 2.05) is 31.3 Å². The number of benzene rings is 1. The molecule has 0 spiro atoms. The third-order valence-electron chi connectivity index (χ3n) is 3.34. The molecule has 0 radical (unpaired) electrons. The average Bonchev–Trinajstić information content (AvgIpc) is 3.04. The first-order valence-electron chi connectivity index (χ1n) is 7.23. The van der Waals surface area contributed by atoms with E-state index in [0.29, 0.717) is 13.1 Å². The Kier molecular flexibility index (Phi) is 5.72. The summed E-state index contributed by atoms with van der Waals surface area (Å²) in [6, 6.07) is 8.27. The molecule has 0 aliphatic rings. The second-order valence-electron chi connectivity index (χ2n) is 5.12. The van der Waals surface area contributed by atoms with E-state index in [1.54, 1.807) is 18.3 Å². The molecule has 0 unspecified atom stereocenters. The fourth-order valence-corrected chi connectivity index (χ4v) is 2.56. The van der Waals surface area contributed by atoms with Crippen LogP contribution >= 0.6 is 11.3 Å². The van der Waals surface area contributed by atoms with Gasteiger partial charge in [-0.2, -0.15) is 0 Å². The normalized spacial score (nSPS) is 10.9. The Morgan fingerprint density at radius 2 is 2.00 bits per heavy atom. The van der Waals surface area contributed by atoms with E-state index in [-0.39, 0.29) is 5.91 Å². The highest BCUT2D eigenvalue weighted by atomic mass is 32.1. The molecule has 0 aliphatic heterocycles. The van der Waals surface area contributed by atoms with Crippen LogP contribution in [-0.2, 0) is 11.3 Å². The van der Waals surface area contributed by atoms with E-state index in [4.69, 9.17) is 0 Å². The standard InChI is InChI=1S/C17H21N3OS/c1-4-20(17(21)10-9-16-18-11-12-22-16)13-14-5-7-15(8-6-14)19(2)3/h5-12H,4,13H2,1-3H3/b10-9+. The van der Waals surface area contributed by atoms with Gasteiger partial charge in [0.1, 0.15) is 5.01 Å². The SMILES string of the molecule is CCN(Cc1ccc(N(C)C)cc1)C(=O)/C=C/c1nccs1. The van der Waals surface area contributed by atoms with E-state index in [1.165, 1.54) is 11.3 Å². The third-order valence-corrected chi connectivity index (χ3v) is 4.08. The average molecular weight is 315 g/mol. The summed E-state index contributed by atoms with van der Waals surface area (Å²) >= 11 is 1.52. The van der Waals surface area contributed by atoms with Gasteiger partial charge in [0.25, 0.3) is 0 Å². The number of hydrogen-bond donors (Lipinski definition) is 0. The lowest BCUT2D eigenvalue weighted by molar-refractivity contribution is -0.126. The Balaban J connectivity index is 2.00. The van der Waals surface area contributed by atoms with Gasteiger partial charge in [-0.3, -0.25) is 4.79 Å². The molecule has 1 aromatic carbocycles. The molecule has 0 fully saturated rings. The van der Waals surface area contributed by atoms with Crippen LogP contribution in [0.15, 0.2) is 41.9 Å². The zero-order valence-corrected chi connectivity index (χ0v) is 14.0. The molecule has 0 N–H and O–H groups in total. The number of carbonyl (C=O) groups is 1. The minimum atomic E-state index is 0.00869. The van der Waals surface area contributed by atoms with Crippen molar-refractivity contribution in [3.63, 3.8) is 0 Å². The molecule has 0 aliphatic carbocycles. The van der Waals surface area contributed by atoms with Gasteiger partial charge in [0.2, 0.25) is 5.91 Å². The zero-order chi connectivity index (χ0) is 15.9. The van der Waals surface area contributed by atoms with Gasteiger partial charge in [-0.25, -0.2) is 4.98 Å². The van der Waals surface area contributed by atoms with Crippen molar-refractivity contribution in [1.82, 2.24) is 9.88 Å². The number of rotatable bonds is 6. The molecular formula is C17H21N3OS. The first-order valence-corrected chi connectivity index (χ1v) is 8.11. The van der Waals surface area contributed by atoms with Gasteiger partial charge < -0.3 is 9.80 Å². The van der Waals surface area contributed by atoms with Crippen molar-refractivity contribution < 1.29 is 4.79 Å². The number of likely N-dealkylation sites (N-methyl/N-ethyl adjacent to an activating group) is 1. The van der Waals surface area contributed by atoms with Gasteiger partial charge in [0, 0.05) is 50.5 Å². The quantitative estimate of drug-likeness (QED) is 0.768. The van der Waals surface area contributed by atoms with Crippen molar-refractivity contribution in [2.24, 2.45) is 0 Å². The summed E-state index contributed by atoms with van der Waals surface area (Å²) in [4.78, 5) is 20.3. The molecule has 2 aromatic rings. The summed E-state index contributed by atoms with van der Waals surface area (Å²) in [5, 5.41) is 2.74. The molecule has 1 aromatic heterocycles. The maximum atomic E-state index is 12.3. The maximum absolute atomic E-state index is 12.3. The Morgan fingerprint density at radius 1 is 1.27 bits per heavy atom. The van der Waals surface area contributed by atoms with E-state index in [0.717, 1.165) is 16.3 Å². The number of hydrogen-bond acceptors (Lipinski definition) is 4. The Bertz CT molecular complexity index is 618. The highest BCUT2D eigenvalue weighted by molar-refractivity contribution is 7.10. The molecule has 5 heteroatoms. The second-order valence-corrected chi connectivity index (χ2v) is 6.04. The van der Waals surface area contributed by atoms with Gasteiger partial charge in [-0.1, -0.05) is 12.1 Å². The van der Waals surface area contributed by atoms with Gasteiger partial charge in [0.15, 0.2) is 0 Å². The molecule has 116 valence electrons. The van der Waals surface area contributed by atoms with Crippen molar-refractivity contribution in [3.05, 3.63) is 52.5 Å². The monoisotopic (exact) mass is 315 g/mol. The molecular weight excluding hydrogens is 294 g/mol. The number of nitrogens with zero attached hydrogens (tertiary/aromatic N) is 3. The molecule has 1 heterocycles. The maximum Gasteiger partial charge on any atom is 0.246 e. The smallest absolute Gasteiger partial charge is 0.246 e. The predicted octanol–water partition coefficient (Wildman–Crippen LogP) is 3.27. The lowest BCUT2D eigenvalue weighted by Crippen LogP contribution is -2.28. The zero-order valence-electron chi connectivity index (χ0n) is 13.2. The third kappa shape index (κ3) is 4.43. The van der Waals surface area contributed by atoms with Crippen LogP contribution in [0.3, 0.4) is 0 Å². The fourth-order valence-electron chi connectivity index (χ4n) is 2.03. The molecule has 0 bridgehead atoms. The van der Waals surface area contributed by atoms with Crippen molar-refractivity contribution in [3.8, 4) is 0 Å². The molecule has 22 heavy (non-hydrogen) atoms. The summed E-state index contributed by atoms with van der Waals surface area (Å²) in [5.74, 6) is 0.00869. The van der Waals surface area contributed by atoms with E-state index >= 15 is 0 Å². The van der Waals surface area contributed by atoms with Gasteiger partial charge in [0.05, 0.1) is 0 Å². The van der Waals surface area contributed by atoms with Gasteiger partial charge in [-0.15, -0.1) is 11.3 Å². The molecule has 1 amide bonds. The van der Waals surface area contributed by atoms with E-state index in [9.17, 15) is 4.79 Å². The number of aromatic nitrogens is 1. The first-order chi connectivity index (χ1) is 10.6. The highest BCUT2D eigenvalue weighted by Gasteiger charge is 2.09. The van der Waals surface area contributed by atoms with E-state index in [2.05, 4.69) is 34.1 Å². The summed E-state index contributed by atoms with van der Waals surface area (Å²) in [6.07, 6.45) is 5.10. The van der Waals surface area contributed by atoms with Gasteiger partial charge in [-0.05, 0) is 30.7 Å². The van der Waals surface area contributed by atoms with Crippen LogP contribution in [0.2, 0.25) is 0 Å². The highest BCUT2D eigenvalue weighted by Crippen LogP contribution is 2.14. The summed E-state index contributed by atoms with van der Waals surface area (Å²) in [6.45, 7) is 3.28. The number of amides is 1. The van der Waals surface area contributed by atoms with Crippen molar-refractivity contribution >= 4 is 29.0 Å². The van der Waals surface area contributed by atoms with Crippen LogP contribution in [-0.4, -0.2) is 36.4 Å². The Hall–Kier alpha value is -2.14. The Labute approximate surface area is 135 Å². The van der Waals surface area contributed by atoms with E-state index < -0.39 is 0 Å². The lowest BCUT2D eigenvalue weighted by Gasteiger charge is -2.20. The Morgan fingerprint density at radius 3 is 2.55 bits per heavy atom. The van der Waals surface area contributed by atoms with Crippen LogP contribution in [0.25, 0.3) is 6.08 Å². The number of carbonyl (C=O) groups excluding carboxylic acids is 1. The molecule has 2 rings (SSSR count). The minimum Gasteiger partial charge on any atom is -0.378 e. The molecule has 4 nitrogen and oxygen atoms in total. The van der Waals surface area contributed by atoms with Crippen LogP contribution in [0, 0.1) is 0 Å². The topological polar surface area (TPSA) is 36.4 Å². The predicted molar refractivity (Wildman–Crippen MR) is 93.0 cm³/mol. The van der Waals surface area contributed by atoms with Crippen LogP contribution < -0.4 is 4.90 Å². The number of anilines is 1. The van der Waals surface area contributed by atoms with Gasteiger partial charge >= 0.3 is 0 Å². The second kappa shape index (κ2) is 7.75. The van der Waals surface area contributed by atoms with Crippen molar-refractivity contribution in [2.45, 2.75) is 13.5 Å². The van der Waals surface area contributed by atoms with Crippen LogP contribution in [0.5, 0.6) is 0 Å². The first kappa shape index (κ1) is 16.2. The van der Waals surface area contributed by atoms with Crippen LogP contribution in [0.1, 0.15) is 17.5 Å². The van der Waals surface area contributed by atoms with Crippen LogP contribution in [0.4, 0.5) is 5.69 Å².